The molecule has 0 spiro atoms. The molecule has 1 amide bonds. The number of nitrogens with two attached hydrogens (primary N) is 1. The summed E-state index contributed by atoms with van der Waals surface area (Å²) in [6.45, 7) is 6.51. The Hall–Kier alpha value is -4.05. The number of anilines is 1. The molecule has 1 fully saturated rings. The van der Waals surface area contributed by atoms with E-state index in [0.29, 0.717) is 35.7 Å². The van der Waals surface area contributed by atoms with Crippen LogP contribution in [0.2, 0.25) is 0 Å². The van der Waals surface area contributed by atoms with Crippen molar-refractivity contribution in [2.24, 2.45) is 0 Å². The van der Waals surface area contributed by atoms with Gasteiger partial charge in [0.05, 0.1) is 18.2 Å². The number of likely N-dealkylation sites (tertiary alicyclic amines) is 1. The minimum absolute atomic E-state index is 0.0857. The summed E-state index contributed by atoms with van der Waals surface area (Å²) in [5.74, 6) is -0.106. The Balaban J connectivity index is 1.45. The average molecular weight is 546 g/mol. The Morgan fingerprint density at radius 3 is 2.74 bits per heavy atom. The van der Waals surface area contributed by atoms with Gasteiger partial charge in [-0.2, -0.15) is 0 Å². The molecule has 3 heterocycles. The van der Waals surface area contributed by atoms with Gasteiger partial charge >= 0.3 is 5.97 Å². The maximum Gasteiger partial charge on any atom is 0.338 e. The first-order valence-electron chi connectivity index (χ1n) is 13.1. The topological polar surface area (TPSA) is 124 Å². The molecule has 39 heavy (non-hydrogen) atoms. The molecule has 0 bridgehead atoms. The van der Waals surface area contributed by atoms with Crippen LogP contribution in [0.5, 0.6) is 0 Å². The summed E-state index contributed by atoms with van der Waals surface area (Å²) in [4.78, 5) is 33.0. The highest BCUT2D eigenvalue weighted by molar-refractivity contribution is 7.09. The number of rotatable bonds is 8. The molecular weight excluding hydrogens is 514 g/mol. The molecule has 2 atom stereocenters. The highest BCUT2D eigenvalue weighted by atomic mass is 32.1. The summed E-state index contributed by atoms with van der Waals surface area (Å²) in [6.07, 6.45) is 2.36. The lowest BCUT2D eigenvalue weighted by molar-refractivity contribution is 0.0526. The second kappa shape index (κ2) is 11.4. The van der Waals surface area contributed by atoms with Crippen molar-refractivity contribution in [2.45, 2.75) is 52.0 Å². The summed E-state index contributed by atoms with van der Waals surface area (Å²) >= 11 is 1.56. The van der Waals surface area contributed by atoms with Crippen molar-refractivity contribution >= 4 is 28.9 Å². The van der Waals surface area contributed by atoms with Crippen LogP contribution in [0.25, 0.3) is 11.5 Å². The Bertz CT molecular complexity index is 1500. The van der Waals surface area contributed by atoms with Crippen LogP contribution in [0.3, 0.4) is 0 Å². The number of esters is 1. The number of ether oxygens (including phenoxy) is 1. The second-order valence-electron chi connectivity index (χ2n) is 9.75. The minimum Gasteiger partial charge on any atom is -0.462 e. The highest BCUT2D eigenvalue weighted by Gasteiger charge is 2.33. The molecule has 0 radical (unpaired) electrons. The number of benzene rings is 2. The predicted octanol–water partition coefficient (Wildman–Crippen LogP) is 5.58. The fraction of sp³-hybridized carbons (Fsp3) is 0.345. The summed E-state index contributed by atoms with van der Waals surface area (Å²) in [6, 6.07) is 12.5. The van der Waals surface area contributed by atoms with Crippen molar-refractivity contribution in [3.8, 4) is 11.5 Å². The standard InChI is InChI=1S/C29H31N5O4S/c1-4-37-29(36)22-14-20(26-33-32-25(38-26)17(2)12-19-8-5-6-9-23(19)30)13-21(15-22)28(35)34-11-7-10-24(34)27-31-18(3)16-39-27/h5-6,8-9,13-17,24H,4,7,10-12,30H2,1-3H3/t17-,24-/m1/s1. The molecule has 10 heteroatoms. The Kier molecular flexibility index (Phi) is 7.74. The predicted molar refractivity (Wildman–Crippen MR) is 149 cm³/mol. The van der Waals surface area contributed by atoms with Gasteiger partial charge in [0.25, 0.3) is 5.91 Å². The van der Waals surface area contributed by atoms with Gasteiger partial charge < -0.3 is 19.8 Å². The Morgan fingerprint density at radius 1 is 1.21 bits per heavy atom. The van der Waals surface area contributed by atoms with E-state index in [9.17, 15) is 9.59 Å². The van der Waals surface area contributed by atoms with Gasteiger partial charge in [-0.1, -0.05) is 25.1 Å². The van der Waals surface area contributed by atoms with Crippen LogP contribution in [0.1, 0.15) is 81.5 Å². The number of carbonyl (C=O) groups excluding carboxylic acids is 2. The van der Waals surface area contributed by atoms with Crippen molar-refractivity contribution in [1.29, 1.82) is 0 Å². The summed E-state index contributed by atoms with van der Waals surface area (Å²) in [5, 5.41) is 11.4. The molecular formula is C29H31N5O4S. The molecule has 4 aromatic rings. The molecule has 9 nitrogen and oxygen atoms in total. The van der Waals surface area contributed by atoms with Crippen LogP contribution in [0.4, 0.5) is 5.69 Å². The van der Waals surface area contributed by atoms with Crippen LogP contribution >= 0.6 is 11.3 Å². The summed E-state index contributed by atoms with van der Waals surface area (Å²) in [5.41, 5.74) is 9.85. The summed E-state index contributed by atoms with van der Waals surface area (Å²) in [7, 11) is 0. The quantitative estimate of drug-likeness (QED) is 0.225. The first-order valence-corrected chi connectivity index (χ1v) is 13.9. The molecule has 2 aromatic carbocycles. The van der Waals surface area contributed by atoms with E-state index in [2.05, 4.69) is 15.2 Å². The van der Waals surface area contributed by atoms with Crippen molar-refractivity contribution < 1.29 is 18.7 Å². The number of hydrogen-bond acceptors (Lipinski definition) is 9. The van der Waals surface area contributed by atoms with Crippen LogP contribution in [0.15, 0.2) is 52.3 Å². The second-order valence-corrected chi connectivity index (χ2v) is 10.6. The van der Waals surface area contributed by atoms with Gasteiger partial charge in [-0.15, -0.1) is 21.5 Å². The largest absolute Gasteiger partial charge is 0.462 e. The third kappa shape index (κ3) is 5.70. The first kappa shape index (κ1) is 26.6. The van der Waals surface area contributed by atoms with Gasteiger partial charge in [-0.25, -0.2) is 9.78 Å². The number of nitrogens with zero attached hydrogens (tertiary/aromatic N) is 4. The van der Waals surface area contributed by atoms with Crippen molar-refractivity contribution in [3.05, 3.63) is 81.1 Å². The zero-order valence-corrected chi connectivity index (χ0v) is 23.0. The zero-order valence-electron chi connectivity index (χ0n) is 22.2. The van der Waals surface area contributed by atoms with Gasteiger partial charge in [-0.3, -0.25) is 4.79 Å². The molecule has 0 aliphatic carbocycles. The molecule has 0 unspecified atom stereocenters. The van der Waals surface area contributed by atoms with Gasteiger partial charge in [0.15, 0.2) is 0 Å². The van der Waals surface area contributed by atoms with E-state index in [1.54, 1.807) is 36.5 Å². The Morgan fingerprint density at radius 2 is 2.00 bits per heavy atom. The average Bonchev–Trinajstić information content (AvgIpc) is 3.70. The molecule has 202 valence electrons. The molecule has 5 rings (SSSR count). The smallest absolute Gasteiger partial charge is 0.338 e. The first-order chi connectivity index (χ1) is 18.8. The van der Waals surface area contributed by atoms with E-state index >= 15 is 0 Å². The number of para-hydroxylation sites is 1. The summed E-state index contributed by atoms with van der Waals surface area (Å²) < 4.78 is 11.3. The maximum atomic E-state index is 13.8. The molecule has 0 saturated carbocycles. The van der Waals surface area contributed by atoms with Gasteiger partial charge in [0, 0.05) is 40.4 Å². The molecule has 1 aliphatic rings. The number of aryl methyl sites for hydroxylation is 1. The SMILES string of the molecule is CCOC(=O)c1cc(C(=O)N2CCC[C@@H]2c2nc(C)cs2)cc(-c2nnc([C@H](C)Cc3ccccc3N)o2)c1. The van der Waals surface area contributed by atoms with E-state index in [0.717, 1.165) is 29.1 Å². The monoisotopic (exact) mass is 545 g/mol. The number of amides is 1. The lowest BCUT2D eigenvalue weighted by Gasteiger charge is -2.23. The fourth-order valence-electron chi connectivity index (χ4n) is 4.85. The third-order valence-electron chi connectivity index (χ3n) is 6.82. The lowest BCUT2D eigenvalue weighted by atomic mass is 10.00. The minimum atomic E-state index is -0.519. The lowest BCUT2D eigenvalue weighted by Crippen LogP contribution is -2.30. The van der Waals surface area contributed by atoms with Gasteiger partial charge in [-0.05, 0) is 62.9 Å². The molecule has 2 aromatic heterocycles. The molecule has 1 saturated heterocycles. The number of hydrogen-bond donors (Lipinski definition) is 1. The van der Waals surface area contributed by atoms with Gasteiger partial charge in [0.1, 0.15) is 5.01 Å². The van der Waals surface area contributed by atoms with E-state index in [-0.39, 0.29) is 35.9 Å². The number of thiazole rings is 1. The molecule has 1 aliphatic heterocycles. The number of nitrogen functional groups attached to an aromatic ring is 1. The zero-order chi connectivity index (χ0) is 27.5. The normalized spacial score (nSPS) is 15.9. The molecule has 2 N–H and O–H groups in total. The van der Waals surface area contributed by atoms with Crippen LogP contribution in [-0.2, 0) is 11.2 Å². The van der Waals surface area contributed by atoms with E-state index in [1.165, 1.54) is 0 Å². The van der Waals surface area contributed by atoms with Crippen molar-refractivity contribution in [3.63, 3.8) is 0 Å². The van der Waals surface area contributed by atoms with Crippen LogP contribution < -0.4 is 5.73 Å². The van der Waals surface area contributed by atoms with Crippen molar-refractivity contribution in [2.75, 3.05) is 18.9 Å². The van der Waals surface area contributed by atoms with E-state index in [4.69, 9.17) is 14.9 Å². The fourth-order valence-corrected chi connectivity index (χ4v) is 5.79. The van der Waals surface area contributed by atoms with Gasteiger partial charge in [0.2, 0.25) is 11.8 Å². The third-order valence-corrected chi connectivity index (χ3v) is 7.88. The highest BCUT2D eigenvalue weighted by Crippen LogP contribution is 2.35. The number of aromatic nitrogens is 3. The van der Waals surface area contributed by atoms with Crippen LogP contribution in [0, 0.1) is 6.92 Å². The number of carbonyl (C=O) groups is 2. The van der Waals surface area contributed by atoms with E-state index in [1.807, 2.05) is 48.4 Å². The van der Waals surface area contributed by atoms with E-state index < -0.39 is 5.97 Å². The van der Waals surface area contributed by atoms with Crippen LogP contribution in [-0.4, -0.2) is 45.1 Å². The van der Waals surface area contributed by atoms with Crippen molar-refractivity contribution in [1.82, 2.24) is 20.1 Å². The Labute approximate surface area is 231 Å². The maximum absolute atomic E-state index is 13.8.